The van der Waals surface area contributed by atoms with E-state index in [0.29, 0.717) is 6.04 Å². The third-order valence-electron chi connectivity index (χ3n) is 0.563. The number of rotatable bonds is 2. The van der Waals surface area contributed by atoms with Crippen molar-refractivity contribution in [1.29, 1.82) is 0 Å². The van der Waals surface area contributed by atoms with E-state index in [1.807, 2.05) is 6.92 Å². The molecule has 0 amide bonds. The number of nitrogens with one attached hydrogen (secondary N) is 1. The fourth-order valence-electron chi connectivity index (χ4n) is 0.459. The minimum Gasteiger partial charge on any atom is -0.299 e. The van der Waals surface area contributed by atoms with Crippen LogP contribution >= 0.6 is 24.0 Å². The Kier molecular flexibility index (Phi) is 8.05. The van der Waals surface area contributed by atoms with Crippen LogP contribution in [0.15, 0.2) is 0 Å². The van der Waals surface area contributed by atoms with Crippen molar-refractivity contribution in [2.24, 2.45) is 0 Å². The van der Waals surface area contributed by atoms with Crippen LogP contribution in [0.3, 0.4) is 0 Å². The quantitative estimate of drug-likeness (QED) is 0.478. The van der Waals surface area contributed by atoms with E-state index in [1.165, 1.54) is 0 Å². The van der Waals surface area contributed by atoms with Gasteiger partial charge in [0.2, 0.25) is 0 Å². The van der Waals surface area contributed by atoms with E-state index in [2.05, 4.69) is 19.2 Å². The van der Waals surface area contributed by atoms with Gasteiger partial charge < -0.3 is 0 Å². The van der Waals surface area contributed by atoms with Crippen LogP contribution in [0.2, 0.25) is 0 Å². The fourth-order valence-corrected chi connectivity index (χ4v) is 0.711. The van der Waals surface area contributed by atoms with Gasteiger partial charge in [0.05, 0.1) is 5.50 Å². The Balaban J connectivity index is 0. The van der Waals surface area contributed by atoms with Crippen LogP contribution in [0.5, 0.6) is 0 Å². The highest BCUT2D eigenvalue weighted by Crippen LogP contribution is 1.88. The first-order chi connectivity index (χ1) is 3.13. The second kappa shape index (κ2) is 5.67. The molecule has 0 aliphatic rings. The van der Waals surface area contributed by atoms with Crippen LogP contribution in [0.25, 0.3) is 0 Å². The Bertz CT molecular complexity index is 39.7. The SMILES string of the molecule is CC(C)NC(C)Cl.Cl. The highest BCUT2D eigenvalue weighted by molar-refractivity contribution is 6.20. The molecule has 0 radical (unpaired) electrons. The summed E-state index contributed by atoms with van der Waals surface area (Å²) in [6.45, 7) is 6.05. The molecule has 0 rings (SSSR count). The Hall–Kier alpha value is 0.540. The average Bonchev–Trinajstić information content (AvgIpc) is 1.27. The van der Waals surface area contributed by atoms with E-state index >= 15 is 0 Å². The first kappa shape index (κ1) is 11.4. The smallest absolute Gasteiger partial charge is 0.0798 e. The van der Waals surface area contributed by atoms with Gasteiger partial charge in [0.1, 0.15) is 0 Å². The van der Waals surface area contributed by atoms with Crippen molar-refractivity contribution in [3.8, 4) is 0 Å². The molecule has 0 aromatic heterocycles. The first-order valence-electron chi connectivity index (χ1n) is 2.53. The summed E-state index contributed by atoms with van der Waals surface area (Å²) in [4.78, 5) is 0. The Labute approximate surface area is 62.2 Å². The van der Waals surface area contributed by atoms with Crippen molar-refractivity contribution in [2.45, 2.75) is 32.3 Å². The lowest BCUT2D eigenvalue weighted by atomic mass is 10.4. The van der Waals surface area contributed by atoms with Crippen molar-refractivity contribution in [3.63, 3.8) is 0 Å². The number of hydrogen-bond donors (Lipinski definition) is 1. The molecule has 0 saturated heterocycles. The fraction of sp³-hybridized carbons (Fsp3) is 1.00. The summed E-state index contributed by atoms with van der Waals surface area (Å²) in [6.07, 6.45) is 0. The predicted molar refractivity (Wildman–Crippen MR) is 40.8 cm³/mol. The molecular formula is C5H13Cl2N. The van der Waals surface area contributed by atoms with Crippen LogP contribution in [0.1, 0.15) is 20.8 Å². The van der Waals surface area contributed by atoms with Gasteiger partial charge in [-0.2, -0.15) is 0 Å². The lowest BCUT2D eigenvalue weighted by Crippen LogP contribution is -2.27. The van der Waals surface area contributed by atoms with Crippen LogP contribution in [-0.4, -0.2) is 11.5 Å². The van der Waals surface area contributed by atoms with E-state index in [-0.39, 0.29) is 17.9 Å². The summed E-state index contributed by atoms with van der Waals surface area (Å²) in [7, 11) is 0. The predicted octanol–water partition coefficient (Wildman–Crippen LogP) is 1.99. The second-order valence-electron chi connectivity index (χ2n) is 1.94. The first-order valence-corrected chi connectivity index (χ1v) is 2.96. The minimum atomic E-state index is 0. The molecule has 1 unspecified atom stereocenters. The van der Waals surface area contributed by atoms with Crippen LogP contribution in [0, 0.1) is 0 Å². The summed E-state index contributed by atoms with van der Waals surface area (Å²) < 4.78 is 0. The van der Waals surface area contributed by atoms with Gasteiger partial charge in [-0.15, -0.1) is 24.0 Å². The van der Waals surface area contributed by atoms with Crippen molar-refractivity contribution in [2.75, 3.05) is 0 Å². The van der Waals surface area contributed by atoms with Crippen molar-refractivity contribution in [3.05, 3.63) is 0 Å². The number of hydrogen-bond acceptors (Lipinski definition) is 1. The maximum Gasteiger partial charge on any atom is 0.0798 e. The second-order valence-corrected chi connectivity index (χ2v) is 2.59. The Morgan fingerprint density at radius 1 is 1.25 bits per heavy atom. The standard InChI is InChI=1S/C5H12ClN.ClH/c1-4(2)7-5(3)6;/h4-5,7H,1-3H3;1H. The monoisotopic (exact) mass is 157 g/mol. The summed E-state index contributed by atoms with van der Waals surface area (Å²) in [5, 5.41) is 3.07. The molecule has 0 aliphatic heterocycles. The largest absolute Gasteiger partial charge is 0.299 e. The average molecular weight is 158 g/mol. The van der Waals surface area contributed by atoms with Gasteiger partial charge >= 0.3 is 0 Å². The van der Waals surface area contributed by atoms with Gasteiger partial charge in [-0.25, -0.2) is 0 Å². The molecular weight excluding hydrogens is 145 g/mol. The molecule has 0 saturated carbocycles. The molecule has 1 N–H and O–H groups in total. The zero-order chi connectivity index (χ0) is 5.86. The third-order valence-corrected chi connectivity index (χ3v) is 0.689. The van der Waals surface area contributed by atoms with Crippen molar-refractivity contribution in [1.82, 2.24) is 5.32 Å². The van der Waals surface area contributed by atoms with E-state index in [1.54, 1.807) is 0 Å². The molecule has 3 heteroatoms. The van der Waals surface area contributed by atoms with E-state index in [9.17, 15) is 0 Å². The van der Waals surface area contributed by atoms with E-state index in [4.69, 9.17) is 11.6 Å². The Morgan fingerprint density at radius 2 is 1.62 bits per heavy atom. The lowest BCUT2D eigenvalue weighted by Gasteiger charge is -2.08. The maximum atomic E-state index is 5.56. The molecule has 0 heterocycles. The molecule has 8 heavy (non-hydrogen) atoms. The molecule has 52 valence electrons. The number of halogens is 2. The molecule has 0 aromatic rings. The summed E-state index contributed by atoms with van der Waals surface area (Å²) in [5.41, 5.74) is 0.0972. The van der Waals surface area contributed by atoms with Crippen LogP contribution < -0.4 is 5.32 Å². The van der Waals surface area contributed by atoms with Crippen molar-refractivity contribution >= 4 is 24.0 Å². The molecule has 1 nitrogen and oxygen atoms in total. The Morgan fingerprint density at radius 3 is 1.62 bits per heavy atom. The molecule has 1 atom stereocenters. The van der Waals surface area contributed by atoms with E-state index in [0.717, 1.165) is 0 Å². The molecule has 0 bridgehead atoms. The van der Waals surface area contributed by atoms with E-state index < -0.39 is 0 Å². The van der Waals surface area contributed by atoms with Crippen molar-refractivity contribution < 1.29 is 0 Å². The summed E-state index contributed by atoms with van der Waals surface area (Å²) in [6, 6.07) is 0.493. The normalized spacial score (nSPS) is 13.1. The number of alkyl halides is 1. The molecule has 0 spiro atoms. The summed E-state index contributed by atoms with van der Waals surface area (Å²) in [5.74, 6) is 0. The van der Waals surface area contributed by atoms with Gasteiger partial charge in [-0.3, -0.25) is 5.32 Å². The third kappa shape index (κ3) is 9.74. The van der Waals surface area contributed by atoms with Crippen LogP contribution in [0.4, 0.5) is 0 Å². The zero-order valence-corrected chi connectivity index (χ0v) is 7.01. The van der Waals surface area contributed by atoms with Gasteiger partial charge in [0.25, 0.3) is 0 Å². The maximum absolute atomic E-state index is 5.56. The highest BCUT2D eigenvalue weighted by Gasteiger charge is 1.94. The van der Waals surface area contributed by atoms with Gasteiger partial charge in [-0.05, 0) is 20.8 Å². The highest BCUT2D eigenvalue weighted by atomic mass is 35.5. The zero-order valence-electron chi connectivity index (χ0n) is 5.44. The van der Waals surface area contributed by atoms with Gasteiger partial charge in [0.15, 0.2) is 0 Å². The van der Waals surface area contributed by atoms with Gasteiger partial charge in [-0.1, -0.05) is 0 Å². The molecule has 0 aliphatic carbocycles. The topological polar surface area (TPSA) is 12.0 Å². The minimum absolute atomic E-state index is 0. The van der Waals surface area contributed by atoms with Crippen LogP contribution in [-0.2, 0) is 0 Å². The lowest BCUT2D eigenvalue weighted by molar-refractivity contribution is 0.581. The molecule has 0 aromatic carbocycles. The van der Waals surface area contributed by atoms with Gasteiger partial charge in [0, 0.05) is 6.04 Å². The summed E-state index contributed by atoms with van der Waals surface area (Å²) >= 11 is 5.56. The molecule has 0 fully saturated rings.